The van der Waals surface area contributed by atoms with Gasteiger partial charge in [0.05, 0.1) is 10.1 Å². The van der Waals surface area contributed by atoms with Gasteiger partial charge < -0.3 is 0 Å². The molecule has 2 rings (SSSR count). The quantitative estimate of drug-likeness (QED) is 0.781. The molecule has 0 heterocycles. The fourth-order valence-corrected chi connectivity index (χ4v) is 4.67. The standard InChI is InChI=1S/C12H15ClO2S/c13-9-10-5-1-4-8-12(10)16(14,15)11-6-2-3-7-11/h1,4-5,8,11H,2-3,6-7,9H2. The van der Waals surface area contributed by atoms with Crippen LogP contribution in [-0.4, -0.2) is 13.7 Å². The first-order valence-electron chi connectivity index (χ1n) is 5.54. The van der Waals surface area contributed by atoms with Crippen molar-refractivity contribution in [2.45, 2.75) is 41.7 Å². The fourth-order valence-electron chi connectivity index (χ4n) is 2.27. The van der Waals surface area contributed by atoms with Gasteiger partial charge >= 0.3 is 0 Å². The van der Waals surface area contributed by atoms with E-state index in [9.17, 15) is 8.42 Å². The molecule has 88 valence electrons. The number of sulfone groups is 1. The zero-order valence-corrected chi connectivity index (χ0v) is 10.6. The first-order chi connectivity index (χ1) is 7.66. The number of hydrogen-bond donors (Lipinski definition) is 0. The summed E-state index contributed by atoms with van der Waals surface area (Å²) in [5.74, 6) is 0.252. The summed E-state index contributed by atoms with van der Waals surface area (Å²) in [6.45, 7) is 0. The molecule has 0 unspecified atom stereocenters. The third kappa shape index (κ3) is 2.11. The van der Waals surface area contributed by atoms with Gasteiger partial charge in [0.1, 0.15) is 0 Å². The summed E-state index contributed by atoms with van der Waals surface area (Å²) in [5, 5.41) is -0.197. The van der Waals surface area contributed by atoms with Crippen LogP contribution in [0, 0.1) is 0 Å². The largest absolute Gasteiger partial charge is 0.223 e. The number of halogens is 1. The van der Waals surface area contributed by atoms with Crippen LogP contribution < -0.4 is 0 Å². The van der Waals surface area contributed by atoms with Gasteiger partial charge in [0, 0.05) is 5.88 Å². The molecule has 16 heavy (non-hydrogen) atoms. The maximum absolute atomic E-state index is 12.4. The second kappa shape index (κ2) is 4.76. The van der Waals surface area contributed by atoms with E-state index in [1.54, 1.807) is 18.2 Å². The van der Waals surface area contributed by atoms with Crippen LogP contribution in [0.5, 0.6) is 0 Å². The van der Waals surface area contributed by atoms with E-state index in [1.807, 2.05) is 6.07 Å². The van der Waals surface area contributed by atoms with Crippen LogP contribution in [0.15, 0.2) is 29.2 Å². The van der Waals surface area contributed by atoms with Crippen LogP contribution in [0.4, 0.5) is 0 Å². The number of rotatable bonds is 3. The predicted molar refractivity (Wildman–Crippen MR) is 65.4 cm³/mol. The van der Waals surface area contributed by atoms with Crippen molar-refractivity contribution in [1.29, 1.82) is 0 Å². The summed E-state index contributed by atoms with van der Waals surface area (Å²) in [6.07, 6.45) is 3.62. The molecule has 0 amide bonds. The van der Waals surface area contributed by atoms with E-state index in [-0.39, 0.29) is 11.1 Å². The molecular formula is C12H15ClO2S. The van der Waals surface area contributed by atoms with Crippen molar-refractivity contribution in [3.05, 3.63) is 29.8 Å². The summed E-state index contributed by atoms with van der Waals surface area (Å²) in [6, 6.07) is 7.05. The van der Waals surface area contributed by atoms with Gasteiger partial charge in [-0.2, -0.15) is 0 Å². The molecule has 4 heteroatoms. The molecule has 1 fully saturated rings. The first-order valence-corrected chi connectivity index (χ1v) is 7.62. The van der Waals surface area contributed by atoms with Crippen molar-refractivity contribution in [3.8, 4) is 0 Å². The Morgan fingerprint density at radius 2 is 1.81 bits per heavy atom. The second-order valence-corrected chi connectivity index (χ2v) is 6.66. The minimum absolute atomic E-state index is 0.197. The average molecular weight is 259 g/mol. The molecule has 0 N–H and O–H groups in total. The smallest absolute Gasteiger partial charge is 0.181 e. The van der Waals surface area contributed by atoms with Crippen LogP contribution >= 0.6 is 11.6 Å². The van der Waals surface area contributed by atoms with Gasteiger partial charge in [-0.1, -0.05) is 31.0 Å². The van der Waals surface area contributed by atoms with E-state index in [0.29, 0.717) is 4.90 Å². The van der Waals surface area contributed by atoms with Crippen molar-refractivity contribution in [2.75, 3.05) is 0 Å². The topological polar surface area (TPSA) is 34.1 Å². The van der Waals surface area contributed by atoms with Gasteiger partial charge in [0.2, 0.25) is 0 Å². The van der Waals surface area contributed by atoms with Gasteiger partial charge in [0.25, 0.3) is 0 Å². The van der Waals surface area contributed by atoms with Gasteiger partial charge in [-0.3, -0.25) is 0 Å². The zero-order valence-electron chi connectivity index (χ0n) is 9.02. The van der Waals surface area contributed by atoms with Crippen molar-refractivity contribution in [3.63, 3.8) is 0 Å². The lowest BCUT2D eigenvalue weighted by molar-refractivity contribution is 0.579. The van der Waals surface area contributed by atoms with E-state index in [4.69, 9.17) is 11.6 Å². The lowest BCUT2D eigenvalue weighted by Crippen LogP contribution is -2.19. The lowest BCUT2D eigenvalue weighted by atomic mass is 10.2. The third-order valence-corrected chi connectivity index (χ3v) is 5.81. The minimum Gasteiger partial charge on any atom is -0.223 e. The maximum Gasteiger partial charge on any atom is 0.181 e. The second-order valence-electron chi connectivity index (χ2n) is 4.19. The van der Waals surface area contributed by atoms with Crippen LogP contribution in [0.3, 0.4) is 0 Å². The van der Waals surface area contributed by atoms with Gasteiger partial charge in [-0.25, -0.2) is 8.42 Å². The summed E-state index contributed by atoms with van der Waals surface area (Å²) in [7, 11) is -3.17. The van der Waals surface area contributed by atoms with E-state index >= 15 is 0 Å². The van der Waals surface area contributed by atoms with Crippen LogP contribution in [0.1, 0.15) is 31.2 Å². The Labute approximate surface area is 102 Å². The van der Waals surface area contributed by atoms with Crippen molar-refractivity contribution in [2.24, 2.45) is 0 Å². The molecular weight excluding hydrogens is 244 g/mol. The first kappa shape index (κ1) is 11.9. The normalized spacial score (nSPS) is 17.8. The molecule has 2 nitrogen and oxygen atoms in total. The zero-order chi connectivity index (χ0) is 11.6. The molecule has 0 spiro atoms. The molecule has 1 aromatic rings. The highest BCUT2D eigenvalue weighted by molar-refractivity contribution is 7.92. The highest BCUT2D eigenvalue weighted by Gasteiger charge is 2.31. The molecule has 0 radical (unpaired) electrons. The Morgan fingerprint density at radius 1 is 1.19 bits per heavy atom. The highest BCUT2D eigenvalue weighted by atomic mass is 35.5. The molecule has 1 aliphatic rings. The Kier molecular flexibility index (Phi) is 3.55. The SMILES string of the molecule is O=S(=O)(c1ccccc1CCl)C1CCCC1. The summed E-state index contributed by atoms with van der Waals surface area (Å²) in [5.41, 5.74) is 0.719. The molecule has 1 aliphatic carbocycles. The van der Waals surface area contributed by atoms with Crippen LogP contribution in [-0.2, 0) is 15.7 Å². The van der Waals surface area contributed by atoms with E-state index in [0.717, 1.165) is 31.2 Å². The number of alkyl halides is 1. The highest BCUT2D eigenvalue weighted by Crippen LogP contribution is 2.31. The van der Waals surface area contributed by atoms with Crippen molar-refractivity contribution in [1.82, 2.24) is 0 Å². The van der Waals surface area contributed by atoms with Gasteiger partial charge in [-0.05, 0) is 24.5 Å². The molecule has 0 bridgehead atoms. The summed E-state index contributed by atoms with van der Waals surface area (Å²) in [4.78, 5) is 0.428. The lowest BCUT2D eigenvalue weighted by Gasteiger charge is -2.13. The molecule has 0 aliphatic heterocycles. The van der Waals surface area contributed by atoms with E-state index in [1.165, 1.54) is 0 Å². The van der Waals surface area contributed by atoms with Crippen molar-refractivity contribution >= 4 is 21.4 Å². The minimum atomic E-state index is -3.17. The Hall–Kier alpha value is -0.540. The molecule has 1 saturated carbocycles. The van der Waals surface area contributed by atoms with Crippen LogP contribution in [0.25, 0.3) is 0 Å². The van der Waals surface area contributed by atoms with Gasteiger partial charge in [0.15, 0.2) is 9.84 Å². The van der Waals surface area contributed by atoms with E-state index < -0.39 is 9.84 Å². The monoisotopic (exact) mass is 258 g/mol. The molecule has 0 aromatic heterocycles. The Balaban J connectivity index is 2.42. The maximum atomic E-state index is 12.4. The Bertz CT molecular complexity index is 462. The molecule has 1 aromatic carbocycles. The molecule has 0 saturated heterocycles. The number of hydrogen-bond acceptors (Lipinski definition) is 2. The summed E-state index contributed by atoms with van der Waals surface area (Å²) < 4.78 is 24.7. The number of benzene rings is 1. The van der Waals surface area contributed by atoms with Crippen LogP contribution in [0.2, 0.25) is 0 Å². The predicted octanol–water partition coefficient (Wildman–Crippen LogP) is 3.14. The molecule has 0 atom stereocenters. The van der Waals surface area contributed by atoms with Crippen molar-refractivity contribution < 1.29 is 8.42 Å². The van der Waals surface area contributed by atoms with Gasteiger partial charge in [-0.15, -0.1) is 11.6 Å². The Morgan fingerprint density at radius 3 is 2.44 bits per heavy atom. The average Bonchev–Trinajstić information content (AvgIpc) is 2.83. The third-order valence-electron chi connectivity index (χ3n) is 3.16. The van der Waals surface area contributed by atoms with E-state index in [2.05, 4.69) is 0 Å². The fraction of sp³-hybridized carbons (Fsp3) is 0.500. The summed E-state index contributed by atoms with van der Waals surface area (Å²) >= 11 is 5.78.